The molecule has 5 nitrogen and oxygen atoms in total. The van der Waals surface area contributed by atoms with Crippen molar-refractivity contribution < 1.29 is 14.4 Å². The molecule has 2 aliphatic heterocycles. The fourth-order valence-electron chi connectivity index (χ4n) is 4.97. The van der Waals surface area contributed by atoms with Crippen LogP contribution in [0.15, 0.2) is 54.7 Å². The zero-order valence-corrected chi connectivity index (χ0v) is 16.4. The summed E-state index contributed by atoms with van der Waals surface area (Å²) in [4.78, 5) is 13.6. The van der Waals surface area contributed by atoms with E-state index in [1.165, 1.54) is 0 Å². The quantitative estimate of drug-likeness (QED) is 0.879. The van der Waals surface area contributed by atoms with Crippen LogP contribution in [-0.4, -0.2) is 18.4 Å². The summed E-state index contributed by atoms with van der Waals surface area (Å²) in [5.74, 6) is 0.158. The Morgan fingerprint density at radius 1 is 1.14 bits per heavy atom. The molecule has 0 saturated carbocycles. The Bertz CT molecular complexity index is 1040. The number of hydrogen-bond acceptors (Lipinski definition) is 4. The summed E-state index contributed by atoms with van der Waals surface area (Å²) < 4.78 is 5.53. The summed E-state index contributed by atoms with van der Waals surface area (Å²) in [6.07, 6.45) is 3.92. The predicted octanol–water partition coefficient (Wildman–Crippen LogP) is 2.78. The largest absolute Gasteiger partial charge is 0.494 e. The van der Waals surface area contributed by atoms with Gasteiger partial charge in [0.05, 0.1) is 30.9 Å². The summed E-state index contributed by atoms with van der Waals surface area (Å²) in [5.41, 5.74) is 1.38. The lowest BCUT2D eigenvalue weighted by molar-refractivity contribution is -0.885. The maximum absolute atomic E-state index is 12.8. The Morgan fingerprint density at radius 3 is 2.45 bits per heavy atom. The van der Waals surface area contributed by atoms with Crippen molar-refractivity contribution in [3.8, 4) is 17.9 Å². The summed E-state index contributed by atoms with van der Waals surface area (Å²) >= 11 is 0. The third-order valence-corrected chi connectivity index (χ3v) is 6.09. The number of hydrogen-bond donors (Lipinski definition) is 1. The third kappa shape index (κ3) is 2.75. The van der Waals surface area contributed by atoms with Crippen LogP contribution in [0.5, 0.6) is 5.75 Å². The average Bonchev–Trinajstić information content (AvgIpc) is 3.06. The highest BCUT2D eigenvalue weighted by molar-refractivity contribution is 5.82. The molecular weight excluding hydrogens is 362 g/mol. The number of nitrogens with one attached hydrogen (secondary N) is 1. The van der Waals surface area contributed by atoms with Crippen molar-refractivity contribution in [1.82, 2.24) is 0 Å². The van der Waals surface area contributed by atoms with Crippen LogP contribution in [0.25, 0.3) is 6.08 Å². The van der Waals surface area contributed by atoms with Gasteiger partial charge in [0.15, 0.2) is 17.9 Å². The van der Waals surface area contributed by atoms with Crippen LogP contribution in [-0.2, 0) is 4.79 Å². The van der Waals surface area contributed by atoms with E-state index >= 15 is 0 Å². The molecule has 2 aromatic rings. The molecule has 2 aromatic carbocycles. The van der Waals surface area contributed by atoms with Crippen LogP contribution >= 0.6 is 0 Å². The summed E-state index contributed by atoms with van der Waals surface area (Å²) in [6.45, 7) is 4.02. The molecule has 0 radical (unpaired) electrons. The molecule has 4 atom stereocenters. The molecule has 2 heterocycles. The summed E-state index contributed by atoms with van der Waals surface area (Å²) in [7, 11) is 0. The molecule has 29 heavy (non-hydrogen) atoms. The molecule has 2 aliphatic rings. The van der Waals surface area contributed by atoms with Crippen LogP contribution in [0.1, 0.15) is 42.5 Å². The molecule has 1 saturated heterocycles. The minimum atomic E-state index is -1.36. The van der Waals surface area contributed by atoms with Crippen LogP contribution < -0.4 is 9.64 Å². The van der Waals surface area contributed by atoms with Gasteiger partial charge in [-0.3, -0.25) is 9.69 Å². The van der Waals surface area contributed by atoms with Crippen molar-refractivity contribution >= 4 is 11.9 Å². The first-order valence-electron chi connectivity index (χ1n) is 9.76. The van der Waals surface area contributed by atoms with E-state index in [0.29, 0.717) is 6.61 Å². The second-order valence-electron chi connectivity index (χ2n) is 7.56. The summed E-state index contributed by atoms with van der Waals surface area (Å²) in [5, 5.41) is 20.6. The highest BCUT2D eigenvalue weighted by Crippen LogP contribution is 2.51. The highest BCUT2D eigenvalue weighted by atomic mass is 16.5. The van der Waals surface area contributed by atoms with Gasteiger partial charge in [-0.15, -0.1) is 0 Å². The number of carbonyl (C=O) groups excluding carboxylic acids is 1. The molecule has 144 valence electrons. The van der Waals surface area contributed by atoms with Crippen molar-refractivity contribution in [3.05, 3.63) is 71.4 Å². The molecule has 0 aliphatic carbocycles. The number of rotatable bonds is 4. The Kier molecular flexibility index (Phi) is 4.70. The van der Waals surface area contributed by atoms with E-state index in [-0.39, 0.29) is 5.78 Å². The number of carbonyl (C=O) groups is 1. The first-order valence-corrected chi connectivity index (χ1v) is 9.76. The number of quaternary nitrogens is 1. The minimum Gasteiger partial charge on any atom is -0.494 e. The molecule has 0 bridgehead atoms. The van der Waals surface area contributed by atoms with E-state index in [4.69, 9.17) is 4.74 Å². The SMILES string of the molecule is CCOc1ccc([C@H]2[C@H](C(C)=O)[NH+]3C=Cc4ccccc4[C@H]3C2(C#N)C#N)cc1. The number of fused-ring (bicyclic) bond motifs is 3. The van der Waals surface area contributed by atoms with Gasteiger partial charge in [0.2, 0.25) is 5.41 Å². The van der Waals surface area contributed by atoms with Gasteiger partial charge in [0, 0.05) is 12.5 Å². The predicted molar refractivity (Wildman–Crippen MR) is 108 cm³/mol. The average molecular weight is 384 g/mol. The smallest absolute Gasteiger partial charge is 0.212 e. The number of ether oxygens (including phenoxy) is 1. The molecule has 0 spiro atoms. The fourth-order valence-corrected chi connectivity index (χ4v) is 4.97. The van der Waals surface area contributed by atoms with Crippen LogP contribution in [0.4, 0.5) is 0 Å². The standard InChI is InChI=1S/C24H21N3O2/c1-3-29-19-10-8-18(9-11-19)21-22(16(2)28)27-13-12-17-6-4-5-7-20(17)23(27)24(21,14-25)15-26/h4-13,21-23H,3H2,1-2H3/p+1/t21-,22-,23-/m0/s1. The van der Waals surface area contributed by atoms with Crippen molar-refractivity contribution in [2.45, 2.75) is 31.8 Å². The topological polar surface area (TPSA) is 78.3 Å². The van der Waals surface area contributed by atoms with E-state index in [0.717, 1.165) is 27.3 Å². The van der Waals surface area contributed by atoms with Gasteiger partial charge in [-0.2, -0.15) is 10.5 Å². The Labute approximate surface area is 170 Å². The zero-order chi connectivity index (χ0) is 20.6. The number of Topliss-reactive ketones (excluding diaryl/α,β-unsaturated/α-hetero) is 1. The van der Waals surface area contributed by atoms with Gasteiger partial charge in [-0.25, -0.2) is 0 Å². The van der Waals surface area contributed by atoms with E-state index in [2.05, 4.69) is 12.1 Å². The second-order valence-corrected chi connectivity index (χ2v) is 7.56. The van der Waals surface area contributed by atoms with E-state index in [9.17, 15) is 15.3 Å². The molecule has 1 fully saturated rings. The zero-order valence-electron chi connectivity index (χ0n) is 16.4. The first kappa shape index (κ1) is 18.9. The van der Waals surface area contributed by atoms with Crippen LogP contribution in [0.3, 0.4) is 0 Å². The van der Waals surface area contributed by atoms with Crippen molar-refractivity contribution in [2.75, 3.05) is 6.61 Å². The molecule has 5 heteroatoms. The van der Waals surface area contributed by atoms with Crippen LogP contribution in [0.2, 0.25) is 0 Å². The molecule has 4 rings (SSSR count). The van der Waals surface area contributed by atoms with Gasteiger partial charge in [-0.1, -0.05) is 36.4 Å². The first-order chi connectivity index (χ1) is 14.1. The number of ketones is 1. The minimum absolute atomic E-state index is 0.0275. The maximum atomic E-state index is 12.8. The number of nitriles is 2. The third-order valence-electron chi connectivity index (χ3n) is 6.09. The lowest BCUT2D eigenvalue weighted by Crippen LogP contribution is -3.11. The number of nitrogens with zero attached hydrogens (tertiary/aromatic N) is 2. The van der Waals surface area contributed by atoms with Gasteiger partial charge in [-0.05, 0) is 36.3 Å². The molecule has 0 aromatic heterocycles. The van der Waals surface area contributed by atoms with E-state index in [1.54, 1.807) is 6.92 Å². The molecule has 0 amide bonds. The maximum Gasteiger partial charge on any atom is 0.212 e. The van der Waals surface area contributed by atoms with Gasteiger partial charge >= 0.3 is 0 Å². The lowest BCUT2D eigenvalue weighted by atomic mass is 9.68. The normalized spacial score (nSPS) is 25.9. The van der Waals surface area contributed by atoms with Gasteiger partial charge in [0.1, 0.15) is 5.75 Å². The molecule has 1 N–H and O–H groups in total. The van der Waals surface area contributed by atoms with Gasteiger partial charge < -0.3 is 4.74 Å². The molecular formula is C24H22N3O2+. The Hall–Kier alpha value is -3.41. The van der Waals surface area contributed by atoms with Crippen molar-refractivity contribution in [1.29, 1.82) is 10.5 Å². The van der Waals surface area contributed by atoms with Crippen molar-refractivity contribution in [2.24, 2.45) is 5.41 Å². The summed E-state index contributed by atoms with van der Waals surface area (Å²) in [6, 6.07) is 19.0. The van der Waals surface area contributed by atoms with E-state index < -0.39 is 23.4 Å². The fraction of sp³-hybridized carbons (Fsp3) is 0.292. The Morgan fingerprint density at radius 2 is 1.83 bits per heavy atom. The van der Waals surface area contributed by atoms with Gasteiger partial charge in [0.25, 0.3) is 0 Å². The van der Waals surface area contributed by atoms with Crippen molar-refractivity contribution in [3.63, 3.8) is 0 Å². The lowest BCUT2D eigenvalue weighted by Gasteiger charge is -2.29. The highest BCUT2D eigenvalue weighted by Gasteiger charge is 2.67. The van der Waals surface area contributed by atoms with Crippen LogP contribution in [0, 0.1) is 28.1 Å². The monoisotopic (exact) mass is 384 g/mol. The second kappa shape index (κ2) is 7.20. The number of benzene rings is 2. The molecule has 1 unspecified atom stereocenters. The van der Waals surface area contributed by atoms with E-state index in [1.807, 2.05) is 67.7 Å². The Balaban J connectivity index is 1.92.